The van der Waals surface area contributed by atoms with Gasteiger partial charge in [-0.2, -0.15) is 5.10 Å². The molecule has 6 heterocycles. The maximum absolute atomic E-state index is 6.45. The minimum Gasteiger partial charge on any atom is -0.484 e. The summed E-state index contributed by atoms with van der Waals surface area (Å²) in [5.74, 6) is 8.83. The van der Waals surface area contributed by atoms with E-state index in [9.17, 15) is 0 Å². The lowest BCUT2D eigenvalue weighted by Crippen LogP contribution is -2.34. The molecule has 2 N–H and O–H groups in total. The van der Waals surface area contributed by atoms with Gasteiger partial charge < -0.3 is 20.1 Å². The van der Waals surface area contributed by atoms with Gasteiger partial charge in [0.05, 0.1) is 24.4 Å². The van der Waals surface area contributed by atoms with Gasteiger partial charge in [-0.3, -0.25) is 0 Å². The Balaban J connectivity index is 1.35. The Morgan fingerprint density at radius 1 is 1.17 bits per heavy atom. The molecule has 0 unspecified atom stereocenters. The molecule has 0 spiro atoms. The summed E-state index contributed by atoms with van der Waals surface area (Å²) in [7, 11) is 0. The van der Waals surface area contributed by atoms with Gasteiger partial charge in [-0.05, 0) is 50.5 Å². The first kappa shape index (κ1) is 21.5. The van der Waals surface area contributed by atoms with E-state index < -0.39 is 0 Å². The van der Waals surface area contributed by atoms with Gasteiger partial charge in [0.15, 0.2) is 5.82 Å². The van der Waals surface area contributed by atoms with Crippen LogP contribution >= 0.6 is 0 Å². The number of ether oxygens (including phenoxy) is 2. The lowest BCUT2D eigenvalue weighted by Gasteiger charge is -2.18. The monoisotopic (exact) mass is 467 g/mol. The van der Waals surface area contributed by atoms with Crippen molar-refractivity contribution in [2.45, 2.75) is 39.0 Å². The van der Waals surface area contributed by atoms with Crippen molar-refractivity contribution in [3.8, 4) is 28.7 Å². The van der Waals surface area contributed by atoms with Crippen molar-refractivity contribution in [2.75, 3.05) is 18.5 Å². The first-order valence-corrected chi connectivity index (χ1v) is 11.6. The Labute approximate surface area is 202 Å². The molecule has 4 aromatic rings. The van der Waals surface area contributed by atoms with Crippen LogP contribution in [0.3, 0.4) is 0 Å². The molecule has 0 saturated carbocycles. The molecule has 9 heteroatoms. The van der Waals surface area contributed by atoms with Crippen molar-refractivity contribution in [1.29, 1.82) is 0 Å². The third kappa shape index (κ3) is 4.18. The molecule has 2 aliphatic heterocycles. The number of anilines is 2. The second-order valence-electron chi connectivity index (χ2n) is 8.79. The van der Waals surface area contributed by atoms with Crippen LogP contribution in [0.1, 0.15) is 24.1 Å². The number of fused-ring (bicyclic) bond motifs is 3. The van der Waals surface area contributed by atoms with Crippen molar-refractivity contribution in [3.63, 3.8) is 0 Å². The zero-order valence-electron chi connectivity index (χ0n) is 19.7. The third-order valence-electron chi connectivity index (χ3n) is 6.21. The summed E-state index contributed by atoms with van der Waals surface area (Å²) in [5.41, 5.74) is 4.46. The minimum atomic E-state index is -0.0343. The van der Waals surface area contributed by atoms with E-state index in [2.05, 4.69) is 48.6 Å². The van der Waals surface area contributed by atoms with Gasteiger partial charge in [-0.25, -0.2) is 19.5 Å². The van der Waals surface area contributed by atoms with Crippen molar-refractivity contribution in [3.05, 3.63) is 59.9 Å². The SMILES string of the molecule is CC#Cc1cc(-c2ccn3nc(Nc4cc(C)nc(C)n4)cc3c2)c(O[C@@H]2[C@@H]3CO[C@H]2CN3)cn1. The standard InChI is InChI=1S/C26H25N7O2/c1-4-5-18-10-20(22(12-27-18)35-26-21-14-34-23(26)13-28-21)17-6-7-33-19(9-17)11-25(32-33)31-24-8-15(2)29-16(3)30-24/h6-12,21,23,26,28H,13-14H2,1-3H3,(H,29,30,31,32)/t21-,23-,26+/m0/s1. The molecule has 0 radical (unpaired) electrons. The van der Waals surface area contributed by atoms with Crippen LogP contribution in [0.25, 0.3) is 16.6 Å². The van der Waals surface area contributed by atoms with Crippen LogP contribution in [-0.4, -0.2) is 56.0 Å². The minimum absolute atomic E-state index is 0.0343. The normalized spacial score (nSPS) is 20.6. The topological polar surface area (TPSA) is 98.5 Å². The van der Waals surface area contributed by atoms with E-state index in [0.29, 0.717) is 29.8 Å². The van der Waals surface area contributed by atoms with Crippen molar-refractivity contribution < 1.29 is 9.47 Å². The lowest BCUT2D eigenvalue weighted by atomic mass is 10.1. The number of hydrogen-bond donors (Lipinski definition) is 2. The van der Waals surface area contributed by atoms with Crippen LogP contribution in [0.4, 0.5) is 11.6 Å². The van der Waals surface area contributed by atoms with Crippen molar-refractivity contribution in [2.24, 2.45) is 0 Å². The van der Waals surface area contributed by atoms with Gasteiger partial charge in [-0.15, -0.1) is 0 Å². The van der Waals surface area contributed by atoms with E-state index >= 15 is 0 Å². The van der Waals surface area contributed by atoms with Gasteiger partial charge >= 0.3 is 0 Å². The van der Waals surface area contributed by atoms with E-state index in [0.717, 1.165) is 34.6 Å². The largest absolute Gasteiger partial charge is 0.484 e. The van der Waals surface area contributed by atoms with E-state index in [1.54, 1.807) is 13.1 Å². The number of pyridine rings is 2. The van der Waals surface area contributed by atoms with E-state index in [-0.39, 0.29) is 18.2 Å². The molecule has 4 aromatic heterocycles. The Morgan fingerprint density at radius 3 is 2.83 bits per heavy atom. The Bertz CT molecular complexity index is 1450. The van der Waals surface area contributed by atoms with E-state index in [4.69, 9.17) is 9.47 Å². The highest BCUT2D eigenvalue weighted by atomic mass is 16.6. The Hall–Kier alpha value is -4.00. The summed E-state index contributed by atoms with van der Waals surface area (Å²) in [6.07, 6.45) is 3.72. The first-order valence-electron chi connectivity index (χ1n) is 11.6. The predicted molar refractivity (Wildman–Crippen MR) is 132 cm³/mol. The highest BCUT2D eigenvalue weighted by Crippen LogP contribution is 2.34. The zero-order valence-corrected chi connectivity index (χ0v) is 19.7. The summed E-state index contributed by atoms with van der Waals surface area (Å²) >= 11 is 0. The van der Waals surface area contributed by atoms with Crippen LogP contribution < -0.4 is 15.4 Å². The number of nitrogens with zero attached hydrogens (tertiary/aromatic N) is 5. The number of rotatable bonds is 5. The highest BCUT2D eigenvalue weighted by molar-refractivity contribution is 5.75. The van der Waals surface area contributed by atoms with E-state index in [1.807, 2.05) is 48.8 Å². The summed E-state index contributed by atoms with van der Waals surface area (Å²) < 4.78 is 14.1. The van der Waals surface area contributed by atoms with Crippen LogP contribution in [0, 0.1) is 25.7 Å². The number of aryl methyl sites for hydroxylation is 2. The fourth-order valence-electron chi connectivity index (χ4n) is 4.69. The van der Waals surface area contributed by atoms with Gasteiger partial charge in [0, 0.05) is 36.1 Å². The quantitative estimate of drug-likeness (QED) is 0.432. The molecule has 0 aromatic carbocycles. The van der Waals surface area contributed by atoms with Crippen molar-refractivity contribution in [1.82, 2.24) is 29.9 Å². The molecule has 3 atom stereocenters. The lowest BCUT2D eigenvalue weighted by molar-refractivity contribution is 0.0596. The molecule has 2 aliphatic rings. The molecule has 0 aliphatic carbocycles. The highest BCUT2D eigenvalue weighted by Gasteiger charge is 2.45. The fourth-order valence-corrected chi connectivity index (χ4v) is 4.69. The first-order chi connectivity index (χ1) is 17.1. The number of morpholine rings is 1. The average molecular weight is 468 g/mol. The summed E-state index contributed by atoms with van der Waals surface area (Å²) in [6, 6.07) is 10.2. The fraction of sp³-hybridized carbons (Fsp3) is 0.308. The van der Waals surface area contributed by atoms with Gasteiger partial charge in [0.25, 0.3) is 0 Å². The second-order valence-corrected chi connectivity index (χ2v) is 8.79. The predicted octanol–water partition coefficient (Wildman–Crippen LogP) is 3.04. The average Bonchev–Trinajstić information content (AvgIpc) is 3.52. The van der Waals surface area contributed by atoms with Gasteiger partial charge in [0.1, 0.15) is 35.3 Å². The molecular weight excluding hydrogens is 442 g/mol. The maximum Gasteiger partial charge on any atom is 0.154 e. The van der Waals surface area contributed by atoms with Gasteiger partial charge in [0.2, 0.25) is 0 Å². The smallest absolute Gasteiger partial charge is 0.154 e. The van der Waals surface area contributed by atoms with Crippen LogP contribution in [0.15, 0.2) is 42.7 Å². The molecule has 2 fully saturated rings. The molecule has 35 heavy (non-hydrogen) atoms. The Morgan fingerprint density at radius 2 is 2.09 bits per heavy atom. The summed E-state index contributed by atoms with van der Waals surface area (Å²) in [4.78, 5) is 13.3. The number of aromatic nitrogens is 5. The second kappa shape index (κ2) is 8.65. The summed E-state index contributed by atoms with van der Waals surface area (Å²) in [5, 5.41) is 11.4. The molecule has 2 saturated heterocycles. The molecule has 6 rings (SSSR count). The van der Waals surface area contributed by atoms with Crippen LogP contribution in [0.2, 0.25) is 0 Å². The summed E-state index contributed by atoms with van der Waals surface area (Å²) in [6.45, 7) is 7.10. The molecule has 2 bridgehead atoms. The molecular formula is C26H25N7O2. The number of hydrogen-bond acceptors (Lipinski definition) is 8. The number of nitrogens with one attached hydrogen (secondary N) is 2. The van der Waals surface area contributed by atoms with Gasteiger partial charge in [-0.1, -0.05) is 5.92 Å². The van der Waals surface area contributed by atoms with Crippen LogP contribution in [-0.2, 0) is 4.74 Å². The maximum atomic E-state index is 6.45. The molecule has 9 nitrogen and oxygen atoms in total. The molecule has 0 amide bonds. The zero-order chi connectivity index (χ0) is 23.9. The van der Waals surface area contributed by atoms with Crippen molar-refractivity contribution >= 4 is 17.2 Å². The molecule has 176 valence electrons. The third-order valence-corrected chi connectivity index (χ3v) is 6.21. The van der Waals surface area contributed by atoms with E-state index in [1.165, 1.54) is 0 Å². The Kier molecular flexibility index (Phi) is 5.32. The van der Waals surface area contributed by atoms with Crippen LogP contribution in [0.5, 0.6) is 5.75 Å².